The second kappa shape index (κ2) is 30.4. The number of benzene rings is 5. The molecule has 552 valence electrons. The van der Waals surface area contributed by atoms with Crippen LogP contribution < -0.4 is 55.3 Å². The molecule has 6 N–H and O–H groups in total. The third-order valence-corrected chi connectivity index (χ3v) is 20.9. The topological polar surface area (TPSA) is 336 Å². The number of carbonyl (C=O) groups excluding carboxylic acids is 9. The molecule has 0 radical (unpaired) electrons. The molecule has 2 saturated carbocycles. The number of anilines is 3. The second-order valence-electron chi connectivity index (χ2n) is 29.1. The van der Waals surface area contributed by atoms with E-state index in [1.165, 1.54) is 26.2 Å². The molecule has 2 spiro atoms. The first-order chi connectivity index (χ1) is 50.5. The summed E-state index contributed by atoms with van der Waals surface area (Å²) in [5, 5.41) is 34.2. The summed E-state index contributed by atoms with van der Waals surface area (Å²) >= 11 is 0. The maximum Gasteiger partial charge on any atom is 0.416 e. The highest BCUT2D eigenvalue weighted by Gasteiger charge is 2.58. The van der Waals surface area contributed by atoms with Crippen LogP contribution in [0.15, 0.2) is 102 Å². The number of aliphatic imine (C=N–C) groups is 1. The lowest BCUT2D eigenvalue weighted by atomic mass is 9.95. The Bertz CT molecular complexity index is 4410. The largest absolute Gasteiger partial charge is 0.493 e. The number of carbonyl (C=O) groups is 9. The van der Waals surface area contributed by atoms with Crippen LogP contribution in [0.1, 0.15) is 143 Å². The van der Waals surface area contributed by atoms with E-state index in [9.17, 15) is 48.3 Å². The van der Waals surface area contributed by atoms with Crippen molar-refractivity contribution in [3.8, 4) is 45.5 Å². The zero-order valence-corrected chi connectivity index (χ0v) is 60.0. The summed E-state index contributed by atoms with van der Waals surface area (Å²) in [6.07, 6.45) is 6.59. The predicted molar refractivity (Wildman–Crippen MR) is 387 cm³/mol. The molecule has 5 aromatic carbocycles. The van der Waals surface area contributed by atoms with Crippen LogP contribution in [0.25, 0.3) is 22.5 Å². The fourth-order valence-corrected chi connectivity index (χ4v) is 14.7. The number of hydrogen-bond donors (Lipinski definition) is 6. The number of ether oxygens (including phenoxy) is 5. The van der Waals surface area contributed by atoms with Crippen molar-refractivity contribution in [2.45, 2.75) is 155 Å². The minimum Gasteiger partial charge on any atom is -0.493 e. The van der Waals surface area contributed by atoms with Gasteiger partial charge in [-0.1, -0.05) is 73.7 Å². The van der Waals surface area contributed by atoms with Crippen LogP contribution in [0.3, 0.4) is 0 Å². The van der Waals surface area contributed by atoms with Gasteiger partial charge in [0.15, 0.2) is 29.2 Å². The number of rotatable bonds is 26. The first kappa shape index (κ1) is 72.5. The zero-order valence-electron chi connectivity index (χ0n) is 60.0. The minimum atomic E-state index is -1.47. The number of aliphatic hydroxyl groups excluding tert-OH is 1. The number of aliphatic hydroxyl groups is 1. The number of nitrogens with zero attached hydrogens (tertiary/aromatic N) is 8. The number of amides is 9. The van der Waals surface area contributed by atoms with E-state index in [0.717, 1.165) is 65.9 Å². The number of fused-ring (bicyclic) bond motifs is 9. The first-order valence-corrected chi connectivity index (χ1v) is 36.0. The molecule has 2 aliphatic carbocycles. The summed E-state index contributed by atoms with van der Waals surface area (Å²) in [6, 6.07) is 25.2. The van der Waals surface area contributed by atoms with Gasteiger partial charge in [0.2, 0.25) is 35.4 Å². The molecular formula is C77H89N13O15. The lowest BCUT2D eigenvalue weighted by molar-refractivity contribution is -0.132. The maximum absolute atomic E-state index is 14.5. The summed E-state index contributed by atoms with van der Waals surface area (Å²) in [6.45, 7) is 9.61. The predicted octanol–water partition coefficient (Wildman–Crippen LogP) is 8.16. The van der Waals surface area contributed by atoms with Crippen LogP contribution in [0.2, 0.25) is 0 Å². The normalized spacial score (nSPS) is 18.7. The van der Waals surface area contributed by atoms with Crippen molar-refractivity contribution in [3.05, 3.63) is 119 Å². The average Bonchev–Trinajstić information content (AvgIpc) is 1.58. The van der Waals surface area contributed by atoms with Crippen LogP contribution in [-0.4, -0.2) is 173 Å². The first-order valence-electron chi connectivity index (χ1n) is 36.0. The van der Waals surface area contributed by atoms with Gasteiger partial charge in [-0.25, -0.2) is 14.4 Å². The SMILES string of the molecule is COc1cc2c(cc1OCCCCCOc1cc3c(cc1OC)C(=O)N1CC4(CC4)C[C@H]1C(O)N3C(=O)OCc1ccc(NC(=O)[C@H](C)NC(=O)[C@@H](NC(=O)CNC(=O)CNC(=O)CCC(=O)N3Cc4ccccc4-c4nnn(C(C)C)c4-c4ccccc43)C(C)C)cc1)N=C[C@@H]1CC3(CC3)CN1C2=O. The Balaban J connectivity index is 0.557. The van der Waals surface area contributed by atoms with Gasteiger partial charge in [-0.05, 0) is 137 Å². The van der Waals surface area contributed by atoms with E-state index < -0.39 is 79.0 Å². The number of para-hydroxylation sites is 1. The Labute approximate surface area is 607 Å². The standard InChI is InChI=1S/C77H89N13O15/c1-44(2)67(83-65(93)39-80-64(92)38-79-63(91)23-24-66(94)86-40-48-15-9-10-16-51(48)68-69(90(45(3)4)85-84-68)52-17-11-12-18-56(52)86)71(96)81-46(5)70(95)82-49-21-19-47(20-22-49)41-105-75(100)89-57-34-62(60(102-7)32-54(57)73(98)88-43-77(27-28-77)36-58(88)74(89)99)104-30-14-8-13-29-103-61-33-55-53(31-59(61)101-6)72(97)87-42-76(25-26-76)35-50(87)37-78-55/h9-12,15-22,31-34,37,44-46,50,58,67,74,99H,8,13-14,23-30,35-36,38-43H2,1-7H3,(H,79,91)(H,80,92)(H,81,96)(H,82,95)(H,83,93)/t46-,50-,58-,67-,74?/m0/s1. The van der Waals surface area contributed by atoms with Crippen molar-refractivity contribution in [3.63, 3.8) is 0 Å². The molecule has 2 saturated heterocycles. The van der Waals surface area contributed by atoms with Crippen LogP contribution in [0.4, 0.5) is 27.5 Å². The van der Waals surface area contributed by atoms with E-state index >= 15 is 0 Å². The van der Waals surface area contributed by atoms with Gasteiger partial charge in [-0.3, -0.25) is 43.3 Å². The fraction of sp³-hybridized carbons (Fsp3) is 0.455. The Kier molecular flexibility index (Phi) is 21.0. The molecule has 5 aliphatic heterocycles. The highest BCUT2D eigenvalue weighted by atomic mass is 16.6. The van der Waals surface area contributed by atoms with Gasteiger partial charge in [0.1, 0.15) is 24.4 Å². The smallest absolute Gasteiger partial charge is 0.416 e. The minimum absolute atomic E-state index is 0.0171. The maximum atomic E-state index is 14.5. The molecule has 28 heteroatoms. The van der Waals surface area contributed by atoms with Crippen LogP contribution in [0, 0.1) is 16.7 Å². The zero-order chi connectivity index (χ0) is 74.0. The molecule has 1 unspecified atom stereocenters. The summed E-state index contributed by atoms with van der Waals surface area (Å²) in [5.41, 5.74) is 6.85. The Hall–Kier alpha value is -10.9. The number of hydrogen-bond acceptors (Lipinski definition) is 18. The highest BCUT2D eigenvalue weighted by molar-refractivity contribution is 6.07. The van der Waals surface area contributed by atoms with Crippen molar-refractivity contribution < 1.29 is 71.9 Å². The lowest BCUT2D eigenvalue weighted by Gasteiger charge is -2.31. The average molecular weight is 1440 g/mol. The Morgan fingerprint density at radius 3 is 1.98 bits per heavy atom. The summed E-state index contributed by atoms with van der Waals surface area (Å²) < 4.78 is 31.6. The van der Waals surface area contributed by atoms with Gasteiger partial charge in [0.25, 0.3) is 11.8 Å². The quantitative estimate of drug-likeness (QED) is 0.0279. The molecule has 28 nitrogen and oxygen atoms in total. The number of unbranched alkanes of at least 4 members (excludes halogenated alkanes) is 2. The van der Waals surface area contributed by atoms with E-state index in [2.05, 4.69) is 36.9 Å². The van der Waals surface area contributed by atoms with Gasteiger partial charge < -0.3 is 70.1 Å². The number of methoxy groups -OCH3 is 2. The van der Waals surface area contributed by atoms with Crippen molar-refractivity contribution in [2.75, 3.05) is 68.7 Å². The molecule has 4 fully saturated rings. The molecule has 13 rings (SSSR count). The molecule has 6 aromatic rings. The van der Waals surface area contributed by atoms with Crippen LogP contribution in [-0.2, 0) is 46.7 Å². The molecular weight excluding hydrogens is 1350 g/mol. The Morgan fingerprint density at radius 2 is 1.29 bits per heavy atom. The van der Waals surface area contributed by atoms with E-state index in [0.29, 0.717) is 84.2 Å². The molecule has 1 aromatic heterocycles. The number of aromatic nitrogens is 3. The summed E-state index contributed by atoms with van der Waals surface area (Å²) in [5.74, 6) is -2.89. The van der Waals surface area contributed by atoms with E-state index in [4.69, 9.17) is 28.7 Å². The van der Waals surface area contributed by atoms with Gasteiger partial charge in [-0.15, -0.1) is 5.10 Å². The number of nitrogens with one attached hydrogen (secondary N) is 5. The van der Waals surface area contributed by atoms with E-state index in [1.807, 2.05) is 78.2 Å². The van der Waals surface area contributed by atoms with Gasteiger partial charge in [0.05, 0.1) is 93.0 Å². The van der Waals surface area contributed by atoms with Crippen molar-refractivity contribution >= 4 is 82.3 Å². The van der Waals surface area contributed by atoms with Gasteiger partial charge in [0, 0.05) is 67.1 Å². The highest BCUT2D eigenvalue weighted by Crippen LogP contribution is 2.58. The van der Waals surface area contributed by atoms with Gasteiger partial charge >= 0.3 is 6.09 Å². The molecule has 7 aliphatic rings. The molecule has 5 atom stereocenters. The van der Waals surface area contributed by atoms with Crippen LogP contribution in [0.5, 0.6) is 23.0 Å². The van der Waals surface area contributed by atoms with Crippen molar-refractivity contribution in [1.82, 2.24) is 46.1 Å². The summed E-state index contributed by atoms with van der Waals surface area (Å²) in [4.78, 5) is 134. The van der Waals surface area contributed by atoms with Crippen molar-refractivity contribution in [2.24, 2.45) is 21.7 Å². The van der Waals surface area contributed by atoms with Crippen LogP contribution >= 0.6 is 0 Å². The van der Waals surface area contributed by atoms with Gasteiger partial charge in [-0.2, -0.15) is 0 Å². The third kappa shape index (κ3) is 15.5. The Morgan fingerprint density at radius 1 is 0.648 bits per heavy atom. The molecule has 6 heterocycles. The van der Waals surface area contributed by atoms with E-state index in [-0.39, 0.29) is 96.0 Å². The molecule has 105 heavy (non-hydrogen) atoms. The molecule has 0 bridgehead atoms. The monoisotopic (exact) mass is 1440 g/mol. The lowest BCUT2D eigenvalue weighted by Crippen LogP contribution is -2.55. The third-order valence-electron chi connectivity index (χ3n) is 20.9. The fourth-order valence-electron chi connectivity index (χ4n) is 14.7. The second-order valence-corrected chi connectivity index (χ2v) is 29.1. The molecule has 9 amide bonds. The van der Waals surface area contributed by atoms with Crippen molar-refractivity contribution in [1.29, 1.82) is 0 Å². The van der Waals surface area contributed by atoms with E-state index in [1.54, 1.807) is 67.2 Å². The summed E-state index contributed by atoms with van der Waals surface area (Å²) in [7, 11) is 3.01.